The third-order valence-electron chi connectivity index (χ3n) is 2.87. The van der Waals surface area contributed by atoms with Crippen LogP contribution in [0.15, 0.2) is 24.5 Å². The summed E-state index contributed by atoms with van der Waals surface area (Å²) in [5, 5.41) is 11.4. The van der Waals surface area contributed by atoms with Crippen LogP contribution in [0.4, 0.5) is 4.39 Å². The Morgan fingerprint density at radius 2 is 2.05 bits per heavy atom. The molecular weight excluding hydrogens is 265 g/mol. The minimum atomic E-state index is -1.11. The first-order valence-electron chi connectivity index (χ1n) is 6.06. The molecule has 2 aromatic heterocycles. The maximum Gasteiger partial charge on any atom is 0.326 e. The molecule has 2 aromatic rings. The van der Waals surface area contributed by atoms with Crippen molar-refractivity contribution in [2.45, 2.75) is 19.9 Å². The van der Waals surface area contributed by atoms with Crippen LogP contribution in [-0.4, -0.2) is 32.4 Å². The average Bonchev–Trinajstić information content (AvgIpc) is 2.77. The van der Waals surface area contributed by atoms with E-state index in [4.69, 9.17) is 5.11 Å². The van der Waals surface area contributed by atoms with Gasteiger partial charge in [0.25, 0.3) is 5.91 Å². The fourth-order valence-corrected chi connectivity index (χ4v) is 1.80. The number of carbonyl (C=O) groups is 2. The second kappa shape index (κ2) is 5.28. The molecule has 0 aromatic carbocycles. The summed E-state index contributed by atoms with van der Waals surface area (Å²) in [4.78, 5) is 27.0. The Balaban J connectivity index is 2.25. The molecule has 0 saturated heterocycles. The Morgan fingerprint density at radius 1 is 1.35 bits per heavy atom. The molecule has 0 fully saturated rings. The van der Waals surface area contributed by atoms with Gasteiger partial charge in [-0.2, -0.15) is 0 Å². The number of nitrogens with zero attached hydrogens (tertiary/aromatic N) is 2. The molecule has 0 bridgehead atoms. The molecule has 2 heterocycles. The van der Waals surface area contributed by atoms with E-state index in [9.17, 15) is 14.0 Å². The Bertz CT molecular complexity index is 666. The summed E-state index contributed by atoms with van der Waals surface area (Å²) in [5.41, 5.74) is 0.454. The fourth-order valence-electron chi connectivity index (χ4n) is 1.80. The highest BCUT2D eigenvalue weighted by atomic mass is 19.1. The van der Waals surface area contributed by atoms with Crippen molar-refractivity contribution in [1.29, 1.82) is 0 Å². The van der Waals surface area contributed by atoms with Crippen molar-refractivity contribution in [3.05, 3.63) is 36.0 Å². The number of imidazole rings is 1. The van der Waals surface area contributed by atoms with E-state index in [1.54, 1.807) is 13.8 Å². The number of aromatic nitrogens is 2. The number of rotatable bonds is 4. The first-order chi connectivity index (χ1) is 9.38. The SMILES string of the molecule is CC(C)C(NC(=O)c1cn2cc(F)ccc2n1)C(=O)O. The predicted octanol–water partition coefficient (Wildman–Crippen LogP) is 1.31. The molecule has 106 valence electrons. The summed E-state index contributed by atoms with van der Waals surface area (Å²) < 4.78 is 14.4. The van der Waals surface area contributed by atoms with Gasteiger partial charge in [0.1, 0.15) is 23.2 Å². The smallest absolute Gasteiger partial charge is 0.326 e. The van der Waals surface area contributed by atoms with Crippen molar-refractivity contribution in [3.8, 4) is 0 Å². The van der Waals surface area contributed by atoms with Gasteiger partial charge in [0.15, 0.2) is 0 Å². The Hall–Kier alpha value is -2.44. The summed E-state index contributed by atoms with van der Waals surface area (Å²) in [6, 6.07) is 1.67. The number of pyridine rings is 1. The van der Waals surface area contributed by atoms with Crippen LogP contribution in [0.5, 0.6) is 0 Å². The number of carboxylic acids is 1. The van der Waals surface area contributed by atoms with Crippen LogP contribution in [0.2, 0.25) is 0 Å². The van der Waals surface area contributed by atoms with Gasteiger partial charge in [-0.3, -0.25) is 4.79 Å². The molecule has 7 heteroatoms. The summed E-state index contributed by atoms with van der Waals surface area (Å²) in [6.45, 7) is 3.39. The first-order valence-corrected chi connectivity index (χ1v) is 6.06. The number of nitrogens with one attached hydrogen (secondary N) is 1. The van der Waals surface area contributed by atoms with E-state index >= 15 is 0 Å². The number of carboxylic acid groups (broad SMARTS) is 1. The number of fused-ring (bicyclic) bond motifs is 1. The average molecular weight is 279 g/mol. The molecule has 0 aliphatic heterocycles. The molecule has 0 saturated carbocycles. The summed E-state index contributed by atoms with van der Waals surface area (Å²) in [6.07, 6.45) is 2.54. The molecule has 2 rings (SSSR count). The number of hydrogen-bond donors (Lipinski definition) is 2. The first kappa shape index (κ1) is 14.0. The van der Waals surface area contributed by atoms with E-state index in [1.165, 1.54) is 28.9 Å². The van der Waals surface area contributed by atoms with E-state index in [2.05, 4.69) is 10.3 Å². The molecule has 20 heavy (non-hydrogen) atoms. The molecule has 6 nitrogen and oxygen atoms in total. The van der Waals surface area contributed by atoms with E-state index < -0.39 is 23.7 Å². The third kappa shape index (κ3) is 2.76. The highest BCUT2D eigenvalue weighted by molar-refractivity contribution is 5.95. The number of amides is 1. The van der Waals surface area contributed by atoms with Crippen molar-refractivity contribution < 1.29 is 19.1 Å². The van der Waals surface area contributed by atoms with Gasteiger partial charge in [-0.15, -0.1) is 0 Å². The summed E-state index contributed by atoms with van der Waals surface area (Å²) in [7, 11) is 0. The fraction of sp³-hybridized carbons (Fsp3) is 0.308. The van der Waals surface area contributed by atoms with E-state index in [0.29, 0.717) is 5.65 Å². The zero-order chi connectivity index (χ0) is 14.9. The van der Waals surface area contributed by atoms with Crippen LogP contribution >= 0.6 is 0 Å². The number of aliphatic carboxylic acids is 1. The number of hydrogen-bond acceptors (Lipinski definition) is 3. The van der Waals surface area contributed by atoms with Crippen LogP contribution < -0.4 is 5.32 Å². The Labute approximate surface area is 114 Å². The number of carbonyl (C=O) groups excluding carboxylic acids is 1. The van der Waals surface area contributed by atoms with Crippen LogP contribution in [0, 0.1) is 11.7 Å². The van der Waals surface area contributed by atoms with E-state index in [1.807, 2.05) is 0 Å². The van der Waals surface area contributed by atoms with E-state index in [-0.39, 0.29) is 11.6 Å². The molecular formula is C13H14FN3O3. The maximum absolute atomic E-state index is 13.0. The highest BCUT2D eigenvalue weighted by Crippen LogP contribution is 2.08. The lowest BCUT2D eigenvalue weighted by Gasteiger charge is -2.16. The van der Waals surface area contributed by atoms with Gasteiger partial charge in [0.05, 0.1) is 0 Å². The van der Waals surface area contributed by atoms with Crippen molar-refractivity contribution in [1.82, 2.24) is 14.7 Å². The molecule has 1 atom stereocenters. The van der Waals surface area contributed by atoms with Crippen molar-refractivity contribution in [2.75, 3.05) is 0 Å². The molecule has 0 spiro atoms. The Morgan fingerprint density at radius 3 is 2.65 bits per heavy atom. The topological polar surface area (TPSA) is 83.7 Å². The quantitative estimate of drug-likeness (QED) is 0.884. The van der Waals surface area contributed by atoms with Gasteiger partial charge in [0.2, 0.25) is 0 Å². The van der Waals surface area contributed by atoms with Gasteiger partial charge in [0, 0.05) is 12.4 Å². The van der Waals surface area contributed by atoms with Crippen molar-refractivity contribution in [2.24, 2.45) is 5.92 Å². The van der Waals surface area contributed by atoms with Gasteiger partial charge < -0.3 is 14.8 Å². The molecule has 2 N–H and O–H groups in total. The van der Waals surface area contributed by atoms with Crippen LogP contribution in [0.1, 0.15) is 24.3 Å². The largest absolute Gasteiger partial charge is 0.480 e. The zero-order valence-electron chi connectivity index (χ0n) is 11.0. The van der Waals surface area contributed by atoms with Crippen molar-refractivity contribution in [3.63, 3.8) is 0 Å². The van der Waals surface area contributed by atoms with Gasteiger partial charge in [-0.05, 0) is 18.1 Å². The Kier molecular flexibility index (Phi) is 3.69. The molecule has 0 aliphatic rings. The second-order valence-electron chi connectivity index (χ2n) is 4.77. The maximum atomic E-state index is 13.0. The lowest BCUT2D eigenvalue weighted by atomic mass is 10.0. The molecule has 0 radical (unpaired) electrons. The normalized spacial score (nSPS) is 12.6. The molecule has 1 unspecified atom stereocenters. The molecule has 1 amide bonds. The zero-order valence-corrected chi connectivity index (χ0v) is 11.0. The number of halogens is 1. The predicted molar refractivity (Wildman–Crippen MR) is 68.9 cm³/mol. The molecule has 0 aliphatic carbocycles. The van der Waals surface area contributed by atoms with Gasteiger partial charge in [-0.25, -0.2) is 14.2 Å². The lowest BCUT2D eigenvalue weighted by molar-refractivity contribution is -0.140. The van der Waals surface area contributed by atoms with Crippen LogP contribution in [0.25, 0.3) is 5.65 Å². The monoisotopic (exact) mass is 279 g/mol. The van der Waals surface area contributed by atoms with E-state index in [0.717, 1.165) is 0 Å². The van der Waals surface area contributed by atoms with Gasteiger partial charge in [-0.1, -0.05) is 13.8 Å². The summed E-state index contributed by atoms with van der Waals surface area (Å²) in [5.74, 6) is -2.42. The summed E-state index contributed by atoms with van der Waals surface area (Å²) >= 11 is 0. The van der Waals surface area contributed by atoms with Crippen molar-refractivity contribution >= 4 is 17.5 Å². The standard InChI is InChI=1S/C13H14FN3O3/c1-7(2)11(13(19)20)16-12(18)9-6-17-5-8(14)3-4-10(17)15-9/h3-7,11H,1-2H3,(H,16,18)(H,19,20). The van der Waals surface area contributed by atoms with Crippen LogP contribution in [-0.2, 0) is 4.79 Å². The minimum absolute atomic E-state index is 0.0440. The minimum Gasteiger partial charge on any atom is -0.480 e. The van der Waals surface area contributed by atoms with Crippen LogP contribution in [0.3, 0.4) is 0 Å². The third-order valence-corrected chi connectivity index (χ3v) is 2.87. The highest BCUT2D eigenvalue weighted by Gasteiger charge is 2.24. The second-order valence-corrected chi connectivity index (χ2v) is 4.77. The lowest BCUT2D eigenvalue weighted by Crippen LogP contribution is -2.44. The van der Waals surface area contributed by atoms with Gasteiger partial charge >= 0.3 is 5.97 Å².